The summed E-state index contributed by atoms with van der Waals surface area (Å²) in [4.78, 5) is 29.6. The van der Waals surface area contributed by atoms with Crippen molar-refractivity contribution < 1.29 is 24.2 Å². The molecule has 2 aromatic rings. The van der Waals surface area contributed by atoms with Gasteiger partial charge in [-0.1, -0.05) is 25.5 Å². The summed E-state index contributed by atoms with van der Waals surface area (Å²) >= 11 is 0. The van der Waals surface area contributed by atoms with Crippen molar-refractivity contribution in [1.82, 2.24) is 24.9 Å². The van der Waals surface area contributed by atoms with Crippen molar-refractivity contribution >= 4 is 12.1 Å². The van der Waals surface area contributed by atoms with E-state index in [1.54, 1.807) is 23.7 Å². The van der Waals surface area contributed by atoms with Crippen LogP contribution in [0.15, 0.2) is 12.1 Å². The number of hydrogen-bond acceptors (Lipinski definition) is 7. The van der Waals surface area contributed by atoms with E-state index in [1.807, 2.05) is 19.1 Å². The number of rotatable bonds is 11. The largest absolute Gasteiger partial charge is 0.489 e. The molecule has 1 N–H and O–H groups in total. The fourth-order valence-electron chi connectivity index (χ4n) is 4.19. The Morgan fingerprint density at radius 2 is 2.06 bits per heavy atom. The number of carboxylic acids is 1. The average molecular weight is 474 g/mol. The first-order chi connectivity index (χ1) is 16.3. The summed E-state index contributed by atoms with van der Waals surface area (Å²) < 4.78 is 13.3. The standard InChI is InChI=1S/C24H35N5O5/c1-5-7-12-28(3)24(32)33-15-20-23(26-27-29(20)4)19-10-11-21(18(6-2)25-19)34-17-9-8-16(13-17)14-22(30)31/h10-11,16-17H,5-9,12-15H2,1-4H3,(H,30,31)/t16-,17-/m1/s1. The van der Waals surface area contributed by atoms with Crippen LogP contribution < -0.4 is 4.74 Å². The molecule has 1 aliphatic rings. The summed E-state index contributed by atoms with van der Waals surface area (Å²) in [5.41, 5.74) is 2.66. The Balaban J connectivity index is 1.70. The molecule has 0 unspecified atom stereocenters. The smallest absolute Gasteiger partial charge is 0.409 e. The van der Waals surface area contributed by atoms with Crippen LogP contribution in [0.2, 0.25) is 0 Å². The summed E-state index contributed by atoms with van der Waals surface area (Å²) in [5.74, 6) is 0.108. The SMILES string of the molecule is CCCCN(C)C(=O)OCc1c(-c2ccc(O[C@@H]3CC[C@@H](CC(=O)O)C3)c(CC)n2)nnn1C. The van der Waals surface area contributed by atoms with Crippen molar-refractivity contribution in [2.75, 3.05) is 13.6 Å². The summed E-state index contributed by atoms with van der Waals surface area (Å²) in [6.45, 7) is 4.77. The minimum atomic E-state index is -0.760. The Morgan fingerprint density at radius 1 is 1.26 bits per heavy atom. The zero-order chi connectivity index (χ0) is 24.7. The fraction of sp³-hybridized carbons (Fsp3) is 0.625. The van der Waals surface area contributed by atoms with Gasteiger partial charge in [0.1, 0.15) is 23.7 Å². The van der Waals surface area contributed by atoms with Gasteiger partial charge in [-0.3, -0.25) is 4.79 Å². The first-order valence-corrected chi connectivity index (χ1v) is 12.0. The Hall–Kier alpha value is -3.17. The average Bonchev–Trinajstić information content (AvgIpc) is 3.41. The molecule has 0 bridgehead atoms. The first kappa shape index (κ1) is 25.5. The molecule has 10 nitrogen and oxygen atoms in total. The van der Waals surface area contributed by atoms with Crippen LogP contribution in [0.3, 0.4) is 0 Å². The van der Waals surface area contributed by atoms with E-state index in [9.17, 15) is 9.59 Å². The maximum Gasteiger partial charge on any atom is 0.409 e. The maximum atomic E-state index is 12.3. The van der Waals surface area contributed by atoms with Gasteiger partial charge in [-0.2, -0.15) is 0 Å². The topological polar surface area (TPSA) is 120 Å². The number of carbonyl (C=O) groups is 2. The minimum absolute atomic E-state index is 0.00140. The molecule has 1 amide bonds. The van der Waals surface area contributed by atoms with Gasteiger partial charge >= 0.3 is 12.1 Å². The molecule has 3 rings (SSSR count). The molecule has 1 aliphatic carbocycles. The van der Waals surface area contributed by atoms with Crippen LogP contribution in [0.5, 0.6) is 5.75 Å². The lowest BCUT2D eigenvalue weighted by Crippen LogP contribution is -2.28. The maximum absolute atomic E-state index is 12.3. The number of ether oxygens (including phenoxy) is 2. The zero-order valence-corrected chi connectivity index (χ0v) is 20.5. The Morgan fingerprint density at radius 3 is 2.76 bits per heavy atom. The lowest BCUT2D eigenvalue weighted by atomic mass is 10.0. The number of hydrogen-bond donors (Lipinski definition) is 1. The number of aryl methyl sites for hydroxylation is 2. The highest BCUT2D eigenvalue weighted by Crippen LogP contribution is 2.33. The van der Waals surface area contributed by atoms with Crippen molar-refractivity contribution in [1.29, 1.82) is 0 Å². The van der Waals surface area contributed by atoms with Gasteiger partial charge in [-0.05, 0) is 50.2 Å². The minimum Gasteiger partial charge on any atom is -0.489 e. The number of carbonyl (C=O) groups excluding carboxylic acids is 1. The van der Waals surface area contributed by atoms with Gasteiger partial charge in [0.15, 0.2) is 0 Å². The second-order valence-electron chi connectivity index (χ2n) is 8.85. The summed E-state index contributed by atoms with van der Waals surface area (Å²) in [5, 5.41) is 17.4. The van der Waals surface area contributed by atoms with Gasteiger partial charge in [-0.15, -0.1) is 5.10 Å². The lowest BCUT2D eigenvalue weighted by molar-refractivity contribution is -0.138. The van der Waals surface area contributed by atoms with Crippen molar-refractivity contribution in [2.24, 2.45) is 13.0 Å². The predicted octanol–water partition coefficient (Wildman–Crippen LogP) is 3.83. The van der Waals surface area contributed by atoms with Crippen LogP contribution >= 0.6 is 0 Å². The molecule has 2 atom stereocenters. The van der Waals surface area contributed by atoms with E-state index in [0.717, 1.165) is 37.8 Å². The fourth-order valence-corrected chi connectivity index (χ4v) is 4.19. The van der Waals surface area contributed by atoms with E-state index in [1.165, 1.54) is 0 Å². The number of carboxylic acid groups (broad SMARTS) is 1. The molecule has 1 fully saturated rings. The van der Waals surface area contributed by atoms with Gasteiger partial charge in [-0.25, -0.2) is 14.5 Å². The van der Waals surface area contributed by atoms with E-state index < -0.39 is 5.97 Å². The number of amides is 1. The summed E-state index contributed by atoms with van der Waals surface area (Å²) in [6, 6.07) is 3.72. The van der Waals surface area contributed by atoms with E-state index in [0.29, 0.717) is 35.8 Å². The highest BCUT2D eigenvalue weighted by atomic mass is 16.6. The normalized spacial score (nSPS) is 17.5. The Labute approximate surface area is 200 Å². The number of pyridine rings is 1. The van der Waals surface area contributed by atoms with Crippen molar-refractivity contribution in [2.45, 2.75) is 71.5 Å². The first-order valence-electron chi connectivity index (χ1n) is 12.0. The van der Waals surface area contributed by atoms with Crippen LogP contribution in [0.1, 0.15) is 63.8 Å². The van der Waals surface area contributed by atoms with Crippen LogP contribution in [0.25, 0.3) is 11.4 Å². The Bertz CT molecular complexity index is 992. The molecule has 10 heteroatoms. The Kier molecular flexibility index (Phi) is 8.84. The van der Waals surface area contributed by atoms with Crippen LogP contribution in [-0.4, -0.2) is 61.7 Å². The molecule has 2 heterocycles. The second-order valence-corrected chi connectivity index (χ2v) is 8.85. The molecule has 1 saturated carbocycles. The monoisotopic (exact) mass is 473 g/mol. The van der Waals surface area contributed by atoms with Gasteiger partial charge in [0.05, 0.1) is 17.5 Å². The van der Waals surface area contributed by atoms with Gasteiger partial charge in [0.2, 0.25) is 0 Å². The molecular weight excluding hydrogens is 438 g/mol. The highest BCUT2D eigenvalue weighted by Gasteiger charge is 2.28. The molecule has 34 heavy (non-hydrogen) atoms. The quantitative estimate of drug-likeness (QED) is 0.523. The van der Waals surface area contributed by atoms with Crippen LogP contribution in [-0.2, 0) is 29.6 Å². The summed E-state index contributed by atoms with van der Waals surface area (Å²) in [7, 11) is 3.48. The highest BCUT2D eigenvalue weighted by molar-refractivity contribution is 5.68. The van der Waals surface area contributed by atoms with E-state index >= 15 is 0 Å². The number of nitrogens with zero attached hydrogens (tertiary/aromatic N) is 5. The molecule has 0 radical (unpaired) electrons. The number of aromatic nitrogens is 4. The van der Waals surface area contributed by atoms with Crippen molar-refractivity contribution in [3.63, 3.8) is 0 Å². The third-order valence-electron chi connectivity index (χ3n) is 6.19. The molecule has 2 aromatic heterocycles. The van der Waals surface area contributed by atoms with Crippen molar-refractivity contribution in [3.05, 3.63) is 23.5 Å². The lowest BCUT2D eigenvalue weighted by Gasteiger charge is -2.17. The van der Waals surface area contributed by atoms with E-state index in [4.69, 9.17) is 19.6 Å². The summed E-state index contributed by atoms with van der Waals surface area (Å²) in [6.07, 6.45) is 4.83. The number of aliphatic carboxylic acids is 1. The van der Waals surface area contributed by atoms with Gasteiger partial charge in [0.25, 0.3) is 0 Å². The molecule has 0 aromatic carbocycles. The van der Waals surface area contributed by atoms with E-state index in [-0.39, 0.29) is 31.1 Å². The molecule has 186 valence electrons. The second kappa shape index (κ2) is 11.8. The molecule has 0 saturated heterocycles. The predicted molar refractivity (Wildman–Crippen MR) is 125 cm³/mol. The molecule has 0 aliphatic heterocycles. The van der Waals surface area contributed by atoms with Crippen LogP contribution in [0.4, 0.5) is 4.79 Å². The van der Waals surface area contributed by atoms with Crippen molar-refractivity contribution in [3.8, 4) is 17.1 Å². The molecular formula is C24H35N5O5. The third-order valence-corrected chi connectivity index (χ3v) is 6.19. The number of unbranched alkanes of at least 4 members (excludes halogenated alkanes) is 1. The third kappa shape index (κ3) is 6.45. The zero-order valence-electron chi connectivity index (χ0n) is 20.5. The molecule has 0 spiro atoms. The van der Waals surface area contributed by atoms with Gasteiger partial charge in [0, 0.05) is 27.1 Å². The van der Waals surface area contributed by atoms with E-state index in [2.05, 4.69) is 17.2 Å². The van der Waals surface area contributed by atoms with Crippen LogP contribution in [0, 0.1) is 5.92 Å². The van der Waals surface area contributed by atoms with Gasteiger partial charge < -0.3 is 19.5 Å².